The predicted molar refractivity (Wildman–Crippen MR) is 196 cm³/mol. The van der Waals surface area contributed by atoms with Gasteiger partial charge in [0, 0.05) is 49.1 Å². The Morgan fingerprint density at radius 2 is 1.92 bits per heavy atom. The van der Waals surface area contributed by atoms with Crippen molar-refractivity contribution in [3.05, 3.63) is 64.8 Å². The summed E-state index contributed by atoms with van der Waals surface area (Å²) < 4.78 is 52.4. The molecule has 0 spiro atoms. The first-order chi connectivity index (χ1) is 25.2. The number of carbonyl (C=O) groups excluding carboxylic acids is 4. The molecule has 3 saturated heterocycles. The number of nitrogens with zero attached hydrogens (tertiary/aromatic N) is 3. The molecule has 3 amide bonds. The molecule has 0 bridgehead atoms. The molecule has 3 aromatic rings. The van der Waals surface area contributed by atoms with Crippen molar-refractivity contribution in [2.75, 3.05) is 26.3 Å². The fraction of sp³-hybridized carbons (Fsp3) is 0.541. The second-order valence-corrected chi connectivity index (χ2v) is 17.6. The zero-order chi connectivity index (χ0) is 37.9. The second-order valence-electron chi connectivity index (χ2n) is 14.4. The number of aromatic nitrogens is 1. The number of amides is 3. The molecule has 2 N–H and O–H groups in total. The first kappa shape index (κ1) is 38.9. The maximum atomic E-state index is 14.0. The van der Waals surface area contributed by atoms with Crippen LogP contribution in [0.1, 0.15) is 86.0 Å². The number of hydrogen-bond acceptors (Lipinski definition) is 9. The van der Waals surface area contributed by atoms with E-state index in [1.54, 1.807) is 35.4 Å². The molecule has 3 fully saturated rings. The number of nitrogens with one attached hydrogen (secondary N) is 2. The molecule has 5 heterocycles. The van der Waals surface area contributed by atoms with E-state index in [2.05, 4.69) is 15.4 Å². The van der Waals surface area contributed by atoms with Gasteiger partial charge in [-0.2, -0.15) is 0 Å². The molecule has 16 heteroatoms. The summed E-state index contributed by atoms with van der Waals surface area (Å²) in [4.78, 5) is 61.6. The molecule has 0 saturated carbocycles. The summed E-state index contributed by atoms with van der Waals surface area (Å²) in [6.07, 6.45) is 7.14. The zero-order valence-electron chi connectivity index (χ0n) is 30.1. The third-order valence-corrected chi connectivity index (χ3v) is 13.2. The standard InChI is InChI=1S/C37H46F2N5O7PS/c1-4-15-50-36(48)23(2)42-52(49,51-22-37(3,38)39)21-24-10-13-31-26(16-24)17-32(53-31)33(45)41-29-9-5-8-28-11-12-30(44(28)34(29)46)35(47)43-19-27(20-43)25-7-6-14-40-18-25/h6-7,10,13-14,16-18,23,27-30H,4-5,8-9,11-12,15,19-22H2,1-3H3,(H,41,45)(H,42,49)/t23-,28-,29-,30-,52?/m0/s1. The van der Waals surface area contributed by atoms with E-state index in [1.165, 1.54) is 18.3 Å². The highest BCUT2D eigenvalue weighted by Crippen LogP contribution is 2.48. The van der Waals surface area contributed by atoms with Gasteiger partial charge < -0.3 is 24.4 Å². The molecule has 12 nitrogen and oxygen atoms in total. The van der Waals surface area contributed by atoms with Crippen molar-refractivity contribution in [2.24, 2.45) is 0 Å². The lowest BCUT2D eigenvalue weighted by atomic mass is 9.92. The van der Waals surface area contributed by atoms with Crippen molar-refractivity contribution >= 4 is 52.6 Å². The summed E-state index contributed by atoms with van der Waals surface area (Å²) in [5.74, 6) is -4.42. The van der Waals surface area contributed by atoms with Crippen LogP contribution in [-0.4, -0.2) is 94.9 Å². The monoisotopic (exact) mass is 773 g/mol. The lowest BCUT2D eigenvalue weighted by Crippen LogP contribution is -2.58. The van der Waals surface area contributed by atoms with Crippen molar-refractivity contribution < 1.29 is 41.8 Å². The maximum absolute atomic E-state index is 14.0. The van der Waals surface area contributed by atoms with Crippen molar-refractivity contribution in [3.8, 4) is 0 Å². The van der Waals surface area contributed by atoms with Gasteiger partial charge in [-0.3, -0.25) is 28.7 Å². The fourth-order valence-corrected chi connectivity index (χ4v) is 10.2. The van der Waals surface area contributed by atoms with E-state index in [4.69, 9.17) is 9.26 Å². The summed E-state index contributed by atoms with van der Waals surface area (Å²) in [5.41, 5.74) is 1.57. The average molecular weight is 774 g/mol. The van der Waals surface area contributed by atoms with Gasteiger partial charge in [-0.05, 0) is 86.2 Å². The quantitative estimate of drug-likeness (QED) is 0.152. The topological polar surface area (TPSA) is 147 Å². The van der Waals surface area contributed by atoms with Crippen LogP contribution in [0, 0.1) is 0 Å². The Labute approximate surface area is 311 Å². The van der Waals surface area contributed by atoms with Crippen LogP contribution < -0.4 is 10.4 Å². The normalized spacial score (nSPS) is 22.4. The first-order valence-corrected chi connectivity index (χ1v) is 20.8. The van der Waals surface area contributed by atoms with Gasteiger partial charge in [-0.25, -0.2) is 13.9 Å². The van der Waals surface area contributed by atoms with Gasteiger partial charge in [0.1, 0.15) is 24.7 Å². The van der Waals surface area contributed by atoms with E-state index in [-0.39, 0.29) is 36.5 Å². The van der Waals surface area contributed by atoms with Crippen LogP contribution in [0.5, 0.6) is 0 Å². The van der Waals surface area contributed by atoms with Crippen LogP contribution in [-0.2, 0) is 34.4 Å². The van der Waals surface area contributed by atoms with Crippen molar-refractivity contribution in [3.63, 3.8) is 0 Å². The maximum Gasteiger partial charge on any atom is 0.323 e. The number of hydrogen-bond donors (Lipinski definition) is 2. The van der Waals surface area contributed by atoms with Gasteiger partial charge in [-0.15, -0.1) is 11.3 Å². The molecule has 2 aromatic heterocycles. The minimum absolute atomic E-state index is 0.0422. The fourth-order valence-electron chi connectivity index (χ4n) is 7.23. The van der Waals surface area contributed by atoms with E-state index in [1.807, 2.05) is 30.2 Å². The van der Waals surface area contributed by atoms with Crippen LogP contribution in [0.4, 0.5) is 8.78 Å². The van der Waals surface area contributed by atoms with Crippen molar-refractivity contribution in [1.82, 2.24) is 25.2 Å². The largest absolute Gasteiger partial charge is 0.465 e. The van der Waals surface area contributed by atoms with E-state index < -0.39 is 50.1 Å². The minimum Gasteiger partial charge on any atom is -0.465 e. The van der Waals surface area contributed by atoms with Gasteiger partial charge in [0.05, 0.1) is 17.6 Å². The lowest BCUT2D eigenvalue weighted by Gasteiger charge is -2.42. The molecule has 1 aromatic carbocycles. The Bertz CT molecular complexity index is 1870. The van der Waals surface area contributed by atoms with E-state index >= 15 is 0 Å². The summed E-state index contributed by atoms with van der Waals surface area (Å²) in [5, 5.41) is 6.18. The highest BCUT2D eigenvalue weighted by molar-refractivity contribution is 7.56. The number of likely N-dealkylation sites (tertiary alicyclic amines) is 1. The molecular weight excluding hydrogens is 727 g/mol. The number of carbonyl (C=O) groups is 4. The van der Waals surface area contributed by atoms with Crippen LogP contribution in [0.2, 0.25) is 0 Å². The summed E-state index contributed by atoms with van der Waals surface area (Å²) in [6, 6.07) is 8.21. The zero-order valence-corrected chi connectivity index (χ0v) is 31.8. The third kappa shape index (κ3) is 9.30. The summed E-state index contributed by atoms with van der Waals surface area (Å²) in [7, 11) is -4.03. The van der Waals surface area contributed by atoms with Crippen LogP contribution in [0.3, 0.4) is 0 Å². The Hall–Kier alpha value is -3.78. The summed E-state index contributed by atoms with van der Waals surface area (Å²) >= 11 is 1.22. The Kier molecular flexibility index (Phi) is 12.0. The van der Waals surface area contributed by atoms with Crippen LogP contribution in [0.25, 0.3) is 10.1 Å². The molecule has 6 rings (SSSR count). The molecule has 1 unspecified atom stereocenters. The average Bonchev–Trinajstić information content (AvgIpc) is 3.69. The Morgan fingerprint density at radius 3 is 2.64 bits per heavy atom. The number of alkyl halides is 2. The number of pyridine rings is 1. The number of benzene rings is 1. The third-order valence-electron chi connectivity index (χ3n) is 9.94. The Morgan fingerprint density at radius 1 is 1.13 bits per heavy atom. The van der Waals surface area contributed by atoms with Gasteiger partial charge in [0.25, 0.3) is 19.3 Å². The van der Waals surface area contributed by atoms with Crippen LogP contribution >= 0.6 is 18.9 Å². The number of fused-ring (bicyclic) bond motifs is 2. The molecule has 286 valence electrons. The van der Waals surface area contributed by atoms with Gasteiger partial charge in [0.2, 0.25) is 11.8 Å². The number of halogens is 2. The molecule has 3 aliphatic rings. The minimum atomic E-state index is -4.03. The summed E-state index contributed by atoms with van der Waals surface area (Å²) in [6.45, 7) is 4.12. The molecule has 53 heavy (non-hydrogen) atoms. The molecular formula is C37H46F2N5O7PS. The smallest absolute Gasteiger partial charge is 0.323 e. The van der Waals surface area contributed by atoms with E-state index in [9.17, 15) is 32.5 Å². The van der Waals surface area contributed by atoms with E-state index in [0.717, 1.165) is 29.5 Å². The van der Waals surface area contributed by atoms with Gasteiger partial charge in [-0.1, -0.05) is 19.1 Å². The highest BCUT2D eigenvalue weighted by atomic mass is 32.1. The second kappa shape index (κ2) is 16.3. The number of thiophene rings is 1. The molecule has 0 radical (unpaired) electrons. The van der Waals surface area contributed by atoms with Crippen LogP contribution in [0.15, 0.2) is 48.8 Å². The van der Waals surface area contributed by atoms with Gasteiger partial charge >= 0.3 is 5.97 Å². The van der Waals surface area contributed by atoms with Gasteiger partial charge in [0.15, 0.2) is 0 Å². The molecule has 3 aliphatic heterocycles. The number of esters is 1. The SMILES string of the molecule is CCCOC(=O)[C@H](C)NP(=O)(Cc1ccc2sc(C(=O)N[C@H]3CCC[C@H]4CC[C@@H](C(=O)N5CC(c6cccnc6)C5)N4C3=O)cc2c1)OCC(C)(F)F. The molecule has 0 aliphatic carbocycles. The number of ether oxygens (including phenoxy) is 1. The first-order valence-electron chi connectivity index (χ1n) is 18.1. The molecule has 5 atom stereocenters. The predicted octanol–water partition coefficient (Wildman–Crippen LogP) is 5.86. The lowest BCUT2D eigenvalue weighted by molar-refractivity contribution is -0.148. The number of rotatable bonds is 14. The van der Waals surface area contributed by atoms with E-state index in [0.29, 0.717) is 55.1 Å². The van der Waals surface area contributed by atoms with Crippen molar-refractivity contribution in [1.29, 1.82) is 0 Å². The van der Waals surface area contributed by atoms with Crippen molar-refractivity contribution in [2.45, 2.75) is 101 Å². The highest BCUT2D eigenvalue weighted by Gasteiger charge is 2.47. The Balaban J connectivity index is 1.11.